The van der Waals surface area contributed by atoms with Crippen LogP contribution in [-0.2, 0) is 0 Å². The Bertz CT molecular complexity index is 230. The topological polar surface area (TPSA) is 15.3 Å². The molecule has 0 saturated carbocycles. The van der Waals surface area contributed by atoms with E-state index in [4.69, 9.17) is 0 Å². The highest BCUT2D eigenvalue weighted by Gasteiger charge is 2.39. The van der Waals surface area contributed by atoms with Gasteiger partial charge < -0.3 is 5.32 Å². The minimum Gasteiger partial charge on any atom is -0.314 e. The molecule has 0 amide bonds. The highest BCUT2D eigenvalue weighted by Crippen LogP contribution is 2.35. The van der Waals surface area contributed by atoms with Gasteiger partial charge in [0.1, 0.15) is 0 Å². The van der Waals surface area contributed by atoms with Crippen LogP contribution in [0, 0.1) is 0 Å². The Kier molecular flexibility index (Phi) is 5.39. The van der Waals surface area contributed by atoms with Crippen molar-refractivity contribution >= 4 is 11.8 Å². The number of nitrogens with one attached hydrogen (secondary N) is 1. The molecule has 0 aliphatic carbocycles. The molecule has 2 unspecified atom stereocenters. The molecule has 0 aromatic heterocycles. The molecule has 0 aromatic carbocycles. The first-order chi connectivity index (χ1) is 8.35. The summed E-state index contributed by atoms with van der Waals surface area (Å²) in [6.45, 7) is 8.41. The van der Waals surface area contributed by atoms with Crippen molar-refractivity contribution in [1.82, 2.24) is 10.2 Å². The Balaban J connectivity index is 1.75. The van der Waals surface area contributed by atoms with E-state index in [9.17, 15) is 0 Å². The Morgan fingerprint density at radius 3 is 2.65 bits per heavy atom. The van der Waals surface area contributed by atoms with Crippen molar-refractivity contribution in [3.8, 4) is 0 Å². The second-order valence-electron chi connectivity index (χ2n) is 5.21. The van der Waals surface area contributed by atoms with Crippen molar-refractivity contribution in [2.24, 2.45) is 0 Å². The Labute approximate surface area is 110 Å². The summed E-state index contributed by atoms with van der Waals surface area (Å²) < 4.78 is 0. The molecule has 2 bridgehead atoms. The summed E-state index contributed by atoms with van der Waals surface area (Å²) >= 11 is 2.01. The van der Waals surface area contributed by atoms with Crippen LogP contribution in [0.25, 0.3) is 0 Å². The number of fused-ring (bicyclic) bond motifs is 2. The first-order valence-corrected chi connectivity index (χ1v) is 8.18. The van der Waals surface area contributed by atoms with E-state index in [2.05, 4.69) is 23.7 Å². The lowest BCUT2D eigenvalue weighted by atomic mass is 9.97. The summed E-state index contributed by atoms with van der Waals surface area (Å²) in [5, 5.41) is 3.64. The fraction of sp³-hybridized carbons (Fsp3) is 0.857. The molecule has 2 rings (SSSR count). The molecule has 0 aromatic rings. The number of hydrogen-bond donors (Lipinski definition) is 1. The van der Waals surface area contributed by atoms with Crippen molar-refractivity contribution in [3.05, 3.63) is 12.7 Å². The highest BCUT2D eigenvalue weighted by atomic mass is 32.2. The predicted molar refractivity (Wildman–Crippen MR) is 77.7 cm³/mol. The number of rotatable bonds is 7. The summed E-state index contributed by atoms with van der Waals surface area (Å²) in [5.41, 5.74) is 0. The van der Waals surface area contributed by atoms with Crippen LogP contribution in [0.2, 0.25) is 0 Å². The average Bonchev–Trinajstić information content (AvgIpc) is 2.57. The number of piperidine rings is 1. The van der Waals surface area contributed by atoms with Crippen molar-refractivity contribution in [3.63, 3.8) is 0 Å². The minimum atomic E-state index is 0.787. The van der Waals surface area contributed by atoms with Gasteiger partial charge in [-0.15, -0.1) is 6.58 Å². The maximum Gasteiger partial charge on any atom is 0.0114 e. The van der Waals surface area contributed by atoms with Crippen LogP contribution in [0.3, 0.4) is 0 Å². The second-order valence-corrected chi connectivity index (χ2v) is 6.36. The van der Waals surface area contributed by atoms with E-state index in [1.807, 2.05) is 17.8 Å². The van der Waals surface area contributed by atoms with Gasteiger partial charge in [0.05, 0.1) is 0 Å². The van der Waals surface area contributed by atoms with Gasteiger partial charge in [0.2, 0.25) is 0 Å². The SMILES string of the molecule is C=CCSCCN1C2CCC1CC(NCC)C2. The van der Waals surface area contributed by atoms with Gasteiger partial charge in [-0.1, -0.05) is 13.0 Å². The molecule has 0 radical (unpaired) electrons. The van der Waals surface area contributed by atoms with Gasteiger partial charge >= 0.3 is 0 Å². The molecule has 17 heavy (non-hydrogen) atoms. The third-order valence-electron chi connectivity index (χ3n) is 4.11. The first-order valence-electron chi connectivity index (χ1n) is 7.03. The highest BCUT2D eigenvalue weighted by molar-refractivity contribution is 7.99. The van der Waals surface area contributed by atoms with Gasteiger partial charge in [-0.2, -0.15) is 11.8 Å². The molecule has 3 heteroatoms. The molecule has 2 fully saturated rings. The summed E-state index contributed by atoms with van der Waals surface area (Å²) in [7, 11) is 0. The summed E-state index contributed by atoms with van der Waals surface area (Å²) in [6.07, 6.45) is 7.61. The summed E-state index contributed by atoms with van der Waals surface area (Å²) in [5.74, 6) is 2.37. The molecular weight excluding hydrogens is 228 g/mol. The zero-order chi connectivity index (χ0) is 12.1. The molecule has 2 atom stereocenters. The lowest BCUT2D eigenvalue weighted by molar-refractivity contribution is 0.126. The van der Waals surface area contributed by atoms with Crippen LogP contribution in [0.1, 0.15) is 32.6 Å². The lowest BCUT2D eigenvalue weighted by Gasteiger charge is -2.39. The molecule has 98 valence electrons. The molecule has 2 heterocycles. The van der Waals surface area contributed by atoms with Gasteiger partial charge in [-0.3, -0.25) is 4.90 Å². The van der Waals surface area contributed by atoms with Crippen molar-refractivity contribution in [1.29, 1.82) is 0 Å². The first kappa shape index (κ1) is 13.4. The van der Waals surface area contributed by atoms with E-state index < -0.39 is 0 Å². The fourth-order valence-corrected chi connectivity index (χ4v) is 4.10. The van der Waals surface area contributed by atoms with Gasteiger partial charge in [-0.05, 0) is 32.2 Å². The number of nitrogens with zero attached hydrogens (tertiary/aromatic N) is 1. The normalized spacial score (nSPS) is 32.9. The fourth-order valence-electron chi connectivity index (χ4n) is 3.43. The molecule has 2 aliphatic rings. The molecule has 2 aliphatic heterocycles. The molecular formula is C14H26N2S. The third-order valence-corrected chi connectivity index (χ3v) is 5.05. The van der Waals surface area contributed by atoms with Crippen LogP contribution in [0.5, 0.6) is 0 Å². The van der Waals surface area contributed by atoms with Gasteiger partial charge in [0.15, 0.2) is 0 Å². The van der Waals surface area contributed by atoms with E-state index in [0.29, 0.717) is 0 Å². The van der Waals surface area contributed by atoms with E-state index in [-0.39, 0.29) is 0 Å². The monoisotopic (exact) mass is 254 g/mol. The third kappa shape index (κ3) is 3.49. The van der Waals surface area contributed by atoms with Gasteiger partial charge in [0.25, 0.3) is 0 Å². The van der Waals surface area contributed by atoms with Crippen molar-refractivity contribution < 1.29 is 0 Å². The zero-order valence-corrected chi connectivity index (χ0v) is 11.8. The van der Waals surface area contributed by atoms with E-state index in [1.54, 1.807) is 0 Å². The second kappa shape index (κ2) is 6.81. The summed E-state index contributed by atoms with van der Waals surface area (Å²) in [4.78, 5) is 2.78. The molecule has 1 N–H and O–H groups in total. The maximum atomic E-state index is 3.77. The Morgan fingerprint density at radius 2 is 2.06 bits per heavy atom. The quantitative estimate of drug-likeness (QED) is 0.555. The molecule has 0 spiro atoms. The van der Waals surface area contributed by atoms with E-state index in [1.165, 1.54) is 38.0 Å². The van der Waals surface area contributed by atoms with E-state index in [0.717, 1.165) is 30.4 Å². The largest absolute Gasteiger partial charge is 0.314 e. The molecule has 2 saturated heterocycles. The van der Waals surface area contributed by atoms with Crippen molar-refractivity contribution in [2.45, 2.75) is 50.7 Å². The van der Waals surface area contributed by atoms with Crippen LogP contribution in [-0.4, -0.2) is 47.6 Å². The van der Waals surface area contributed by atoms with Crippen LogP contribution in [0.4, 0.5) is 0 Å². The molecule has 2 nitrogen and oxygen atoms in total. The van der Waals surface area contributed by atoms with Crippen LogP contribution < -0.4 is 5.32 Å². The van der Waals surface area contributed by atoms with Gasteiger partial charge in [-0.25, -0.2) is 0 Å². The van der Waals surface area contributed by atoms with E-state index >= 15 is 0 Å². The Morgan fingerprint density at radius 1 is 1.35 bits per heavy atom. The maximum absolute atomic E-state index is 3.77. The minimum absolute atomic E-state index is 0.787. The number of hydrogen-bond acceptors (Lipinski definition) is 3. The predicted octanol–water partition coefficient (Wildman–Crippen LogP) is 2.51. The number of thioether (sulfide) groups is 1. The standard InChI is InChI=1S/C14H26N2S/c1-3-8-17-9-7-16-13-5-6-14(16)11-12(10-13)15-4-2/h3,12-15H,1,4-11H2,2H3. The van der Waals surface area contributed by atoms with Gasteiger partial charge in [0, 0.05) is 36.2 Å². The average molecular weight is 254 g/mol. The van der Waals surface area contributed by atoms with Crippen LogP contribution in [0.15, 0.2) is 12.7 Å². The summed E-state index contributed by atoms with van der Waals surface area (Å²) in [6, 6.07) is 2.51. The Hall–Kier alpha value is 0.01000. The zero-order valence-electron chi connectivity index (χ0n) is 11.0. The lowest BCUT2D eigenvalue weighted by Crippen LogP contribution is -2.49. The van der Waals surface area contributed by atoms with Crippen molar-refractivity contribution in [2.75, 3.05) is 24.6 Å². The van der Waals surface area contributed by atoms with Crippen LogP contribution >= 0.6 is 11.8 Å². The smallest absolute Gasteiger partial charge is 0.0114 e.